The molecule has 0 bridgehead atoms. The Labute approximate surface area is 237 Å². The fourth-order valence-electron chi connectivity index (χ4n) is 5.94. The Kier molecular flexibility index (Phi) is 7.00. The molecule has 3 aromatic carbocycles. The van der Waals surface area contributed by atoms with E-state index in [1.807, 2.05) is 4.72 Å². The van der Waals surface area contributed by atoms with Crippen molar-refractivity contribution in [1.29, 1.82) is 0 Å². The van der Waals surface area contributed by atoms with E-state index in [1.165, 1.54) is 34.4 Å². The van der Waals surface area contributed by atoms with Gasteiger partial charge in [0, 0.05) is 37.2 Å². The second-order valence-electron chi connectivity index (χ2n) is 9.93. The topological polar surface area (TPSA) is 135 Å². The van der Waals surface area contributed by atoms with Gasteiger partial charge in [0.25, 0.3) is 0 Å². The van der Waals surface area contributed by atoms with Crippen LogP contribution in [0.25, 0.3) is 0 Å². The van der Waals surface area contributed by atoms with Gasteiger partial charge < -0.3 is 24.4 Å². The average molecular weight is 589 g/mol. The molecule has 1 saturated carbocycles. The highest BCUT2D eigenvalue weighted by Gasteiger charge is 2.78. The summed E-state index contributed by atoms with van der Waals surface area (Å²) in [6, 6.07) is 18.3. The standard InChI is InChI=1S/C28H29ClN2O8S/c1-31(2)40(35,36)30-26(33)22-23(16-8-6-5-7-9-16)28(17-10-12-18(29)13-11-17)27(34,25(22)32)24-20(38-4)14-19(37-3)15-21(24)39-28/h5-15,22-23,25,32,34H,1-4H3,(H,30,33)/t22-,23-,25-,27+,28+/m1/s1. The van der Waals surface area contributed by atoms with Crippen molar-refractivity contribution in [2.24, 2.45) is 5.92 Å². The Hall–Kier alpha value is -3.35. The number of hydrogen-bond acceptors (Lipinski definition) is 8. The second kappa shape index (κ2) is 9.93. The van der Waals surface area contributed by atoms with E-state index in [0.29, 0.717) is 21.9 Å². The maximum Gasteiger partial charge on any atom is 0.303 e. The lowest BCUT2D eigenvalue weighted by atomic mass is 9.70. The molecule has 5 atom stereocenters. The minimum atomic E-state index is -4.24. The van der Waals surface area contributed by atoms with Gasteiger partial charge in [-0.05, 0) is 23.3 Å². The molecule has 12 heteroatoms. The molecule has 2 aliphatic rings. The van der Waals surface area contributed by atoms with Crippen molar-refractivity contribution >= 4 is 27.7 Å². The number of nitrogens with one attached hydrogen (secondary N) is 1. The number of aliphatic hydroxyl groups excluding tert-OH is 1. The first-order valence-electron chi connectivity index (χ1n) is 12.3. The first-order valence-corrected chi connectivity index (χ1v) is 14.1. The number of hydrogen-bond donors (Lipinski definition) is 3. The van der Waals surface area contributed by atoms with Crippen LogP contribution in [-0.4, -0.2) is 63.3 Å². The molecule has 1 aliphatic heterocycles. The van der Waals surface area contributed by atoms with Crippen LogP contribution in [0, 0.1) is 5.92 Å². The molecule has 1 aliphatic carbocycles. The molecule has 1 heterocycles. The van der Waals surface area contributed by atoms with Crippen molar-refractivity contribution in [3.63, 3.8) is 0 Å². The fraction of sp³-hybridized carbons (Fsp3) is 0.321. The number of aliphatic hydroxyl groups is 2. The van der Waals surface area contributed by atoms with Gasteiger partial charge in [-0.25, -0.2) is 4.72 Å². The fourth-order valence-corrected chi connectivity index (χ4v) is 6.64. The van der Waals surface area contributed by atoms with Crippen LogP contribution in [0.2, 0.25) is 5.02 Å². The molecule has 0 saturated heterocycles. The van der Waals surface area contributed by atoms with E-state index >= 15 is 0 Å². The smallest absolute Gasteiger partial charge is 0.303 e. The monoisotopic (exact) mass is 588 g/mol. The first kappa shape index (κ1) is 28.2. The minimum absolute atomic E-state index is 0.102. The lowest BCUT2D eigenvalue weighted by Gasteiger charge is -2.40. The molecular weight excluding hydrogens is 560 g/mol. The zero-order chi connectivity index (χ0) is 29.0. The van der Waals surface area contributed by atoms with Crippen LogP contribution < -0.4 is 18.9 Å². The van der Waals surface area contributed by atoms with Crippen molar-refractivity contribution in [2.45, 2.75) is 23.2 Å². The maximum absolute atomic E-state index is 13.8. The number of methoxy groups -OCH3 is 2. The van der Waals surface area contributed by atoms with E-state index in [1.54, 1.807) is 60.7 Å². The average Bonchev–Trinajstić information content (AvgIpc) is 3.31. The number of carbonyl (C=O) groups is 1. The molecule has 0 radical (unpaired) electrons. The summed E-state index contributed by atoms with van der Waals surface area (Å²) in [5.41, 5.74) is -3.10. The van der Waals surface area contributed by atoms with Crippen LogP contribution in [0.5, 0.6) is 17.2 Å². The number of rotatable bonds is 7. The molecule has 10 nitrogen and oxygen atoms in total. The van der Waals surface area contributed by atoms with Crippen LogP contribution in [0.4, 0.5) is 0 Å². The van der Waals surface area contributed by atoms with Crippen molar-refractivity contribution in [1.82, 2.24) is 9.03 Å². The van der Waals surface area contributed by atoms with E-state index in [2.05, 4.69) is 0 Å². The number of fused-ring (bicyclic) bond motifs is 3. The molecule has 212 valence electrons. The third kappa shape index (κ3) is 3.95. The van der Waals surface area contributed by atoms with E-state index in [4.69, 9.17) is 25.8 Å². The number of nitrogens with zero attached hydrogens (tertiary/aromatic N) is 1. The SMILES string of the molecule is COc1cc(OC)c2c(c1)O[C@@]1(c3ccc(Cl)cc3)[C@H](c3ccccc3)[C@@H](C(=O)NS(=O)(=O)N(C)C)[C@@H](O)[C@@]21O. The highest BCUT2D eigenvalue weighted by Crippen LogP contribution is 2.70. The third-order valence-corrected chi connectivity index (χ3v) is 9.40. The summed E-state index contributed by atoms with van der Waals surface area (Å²) in [5, 5.41) is 25.2. The second-order valence-corrected chi connectivity index (χ2v) is 12.2. The predicted molar refractivity (Wildman–Crippen MR) is 147 cm³/mol. The summed E-state index contributed by atoms with van der Waals surface area (Å²) in [7, 11) is 1.16. The summed E-state index contributed by atoms with van der Waals surface area (Å²) in [5.74, 6) is -2.88. The normalized spacial score (nSPS) is 27.1. The predicted octanol–water partition coefficient (Wildman–Crippen LogP) is 2.53. The van der Waals surface area contributed by atoms with Crippen LogP contribution in [0.1, 0.15) is 22.6 Å². The van der Waals surface area contributed by atoms with Crippen molar-refractivity contribution < 1.29 is 37.6 Å². The Morgan fingerprint density at radius 2 is 1.70 bits per heavy atom. The Morgan fingerprint density at radius 1 is 1.05 bits per heavy atom. The zero-order valence-electron chi connectivity index (χ0n) is 22.2. The van der Waals surface area contributed by atoms with Gasteiger partial charge in [0.05, 0.1) is 25.7 Å². The van der Waals surface area contributed by atoms with Crippen LogP contribution >= 0.6 is 11.6 Å². The first-order chi connectivity index (χ1) is 18.9. The summed E-state index contributed by atoms with van der Waals surface area (Å²) in [4.78, 5) is 13.8. The lowest BCUT2D eigenvalue weighted by molar-refractivity contribution is -0.154. The summed E-state index contributed by atoms with van der Waals surface area (Å²) < 4.78 is 46.0. The van der Waals surface area contributed by atoms with Crippen LogP contribution in [-0.2, 0) is 26.2 Å². The Bertz CT molecular complexity index is 1550. The quantitative estimate of drug-likeness (QED) is 0.383. The molecular formula is C28H29ClN2O8S. The van der Waals surface area contributed by atoms with Gasteiger partial charge in [-0.15, -0.1) is 0 Å². The maximum atomic E-state index is 13.8. The van der Waals surface area contributed by atoms with E-state index in [-0.39, 0.29) is 17.1 Å². The van der Waals surface area contributed by atoms with Crippen molar-refractivity contribution in [2.75, 3.05) is 28.3 Å². The lowest BCUT2D eigenvalue weighted by Crippen LogP contribution is -2.52. The third-order valence-electron chi connectivity index (χ3n) is 7.72. The number of halogens is 1. The summed E-state index contributed by atoms with van der Waals surface area (Å²) in [6.45, 7) is 0. The van der Waals surface area contributed by atoms with Gasteiger partial charge in [0.15, 0.2) is 11.2 Å². The molecule has 3 N–H and O–H groups in total. The summed E-state index contributed by atoms with van der Waals surface area (Å²) in [6.07, 6.45) is -1.85. The van der Waals surface area contributed by atoms with Gasteiger partial charge in [-0.2, -0.15) is 12.7 Å². The molecule has 0 spiro atoms. The van der Waals surface area contributed by atoms with E-state index in [9.17, 15) is 23.4 Å². The highest BCUT2D eigenvalue weighted by molar-refractivity contribution is 7.87. The highest BCUT2D eigenvalue weighted by atomic mass is 35.5. The van der Waals surface area contributed by atoms with E-state index < -0.39 is 45.3 Å². The number of carbonyl (C=O) groups excluding carboxylic acids is 1. The summed E-state index contributed by atoms with van der Waals surface area (Å²) >= 11 is 6.21. The number of amides is 1. The largest absolute Gasteiger partial charge is 0.496 e. The molecule has 0 aromatic heterocycles. The number of ether oxygens (including phenoxy) is 3. The van der Waals surface area contributed by atoms with Crippen LogP contribution in [0.3, 0.4) is 0 Å². The molecule has 3 aromatic rings. The van der Waals surface area contributed by atoms with Crippen molar-refractivity contribution in [3.05, 3.63) is 88.4 Å². The van der Waals surface area contributed by atoms with Gasteiger partial charge in [-0.3, -0.25) is 4.79 Å². The molecule has 0 unspecified atom stereocenters. The van der Waals surface area contributed by atoms with Gasteiger partial charge in [0.1, 0.15) is 23.4 Å². The van der Waals surface area contributed by atoms with E-state index in [0.717, 1.165) is 4.31 Å². The van der Waals surface area contributed by atoms with Crippen LogP contribution in [0.15, 0.2) is 66.7 Å². The number of benzene rings is 3. The van der Waals surface area contributed by atoms with Gasteiger partial charge in [0.2, 0.25) is 5.91 Å². The Morgan fingerprint density at radius 3 is 2.27 bits per heavy atom. The molecule has 40 heavy (non-hydrogen) atoms. The molecule has 1 amide bonds. The van der Waals surface area contributed by atoms with Crippen molar-refractivity contribution in [3.8, 4) is 17.2 Å². The molecule has 5 rings (SSSR count). The zero-order valence-corrected chi connectivity index (χ0v) is 23.7. The molecule has 1 fully saturated rings. The minimum Gasteiger partial charge on any atom is -0.496 e. The van der Waals surface area contributed by atoms with Gasteiger partial charge >= 0.3 is 10.2 Å². The Balaban J connectivity index is 1.85. The van der Waals surface area contributed by atoms with Gasteiger partial charge in [-0.1, -0.05) is 54.1 Å².